The van der Waals surface area contributed by atoms with Crippen LogP contribution < -0.4 is 4.90 Å². The molecule has 0 spiro atoms. The summed E-state index contributed by atoms with van der Waals surface area (Å²) in [5, 5.41) is 20.0. The standard InChI is InChI=1S/C22H28N4O2/c1-4-6-15(7-5-2)26-11-10-25-13-18(17-9-8-16(27)12-19(17)28)20-21(25)22(26)24-14(3)23-20/h8-9,12-13,15,27-28H,4-7,10-11H2,1-3H3. The lowest BCUT2D eigenvalue weighted by Crippen LogP contribution is -2.41. The fraction of sp³-hybridized carbons (Fsp3) is 0.455. The van der Waals surface area contributed by atoms with Gasteiger partial charge >= 0.3 is 0 Å². The van der Waals surface area contributed by atoms with Crippen LogP contribution in [0.4, 0.5) is 5.82 Å². The van der Waals surface area contributed by atoms with E-state index in [0.717, 1.165) is 67.0 Å². The molecule has 3 heterocycles. The topological polar surface area (TPSA) is 74.4 Å². The molecular formula is C22H28N4O2. The van der Waals surface area contributed by atoms with Crippen LogP contribution in [-0.4, -0.2) is 37.3 Å². The molecular weight excluding hydrogens is 352 g/mol. The Kier molecular flexibility index (Phi) is 4.87. The SMILES string of the molecule is CCCC(CCC)N1CCn2cc(-c3ccc(O)cc3O)c3nc(C)nc1c32. The van der Waals surface area contributed by atoms with Crippen LogP contribution in [0, 0.1) is 6.92 Å². The molecule has 0 atom stereocenters. The molecule has 4 rings (SSSR count). The van der Waals surface area contributed by atoms with Crippen LogP contribution in [0.25, 0.3) is 22.2 Å². The zero-order valence-corrected chi connectivity index (χ0v) is 16.8. The van der Waals surface area contributed by atoms with Crippen LogP contribution in [0.1, 0.15) is 45.4 Å². The van der Waals surface area contributed by atoms with Gasteiger partial charge in [0.25, 0.3) is 0 Å². The minimum absolute atomic E-state index is 0.0500. The highest BCUT2D eigenvalue weighted by atomic mass is 16.3. The molecule has 0 amide bonds. The van der Waals surface area contributed by atoms with E-state index in [1.165, 1.54) is 6.07 Å². The Bertz CT molecular complexity index is 1010. The van der Waals surface area contributed by atoms with Gasteiger partial charge in [0.15, 0.2) is 5.82 Å². The van der Waals surface area contributed by atoms with Gasteiger partial charge < -0.3 is 19.7 Å². The molecule has 6 heteroatoms. The third kappa shape index (κ3) is 3.07. The smallest absolute Gasteiger partial charge is 0.157 e. The molecule has 28 heavy (non-hydrogen) atoms. The lowest BCUT2D eigenvalue weighted by molar-refractivity contribution is 0.452. The van der Waals surface area contributed by atoms with Crippen molar-refractivity contribution >= 4 is 16.9 Å². The fourth-order valence-electron chi connectivity index (χ4n) is 4.41. The van der Waals surface area contributed by atoms with Gasteiger partial charge in [0.2, 0.25) is 0 Å². The predicted octanol–water partition coefficient (Wildman–Crippen LogP) is 4.61. The minimum Gasteiger partial charge on any atom is -0.508 e. The molecule has 0 saturated heterocycles. The molecule has 0 bridgehead atoms. The first-order valence-corrected chi connectivity index (χ1v) is 10.2. The van der Waals surface area contributed by atoms with E-state index in [0.29, 0.717) is 11.6 Å². The van der Waals surface area contributed by atoms with Crippen molar-refractivity contribution in [2.24, 2.45) is 0 Å². The van der Waals surface area contributed by atoms with Crippen molar-refractivity contribution in [1.82, 2.24) is 14.5 Å². The first kappa shape index (κ1) is 18.6. The monoisotopic (exact) mass is 380 g/mol. The summed E-state index contributed by atoms with van der Waals surface area (Å²) < 4.78 is 2.21. The lowest BCUT2D eigenvalue weighted by Gasteiger charge is -2.36. The summed E-state index contributed by atoms with van der Waals surface area (Å²) in [6.45, 7) is 8.20. The molecule has 6 nitrogen and oxygen atoms in total. The van der Waals surface area contributed by atoms with E-state index in [4.69, 9.17) is 9.97 Å². The highest BCUT2D eigenvalue weighted by Crippen LogP contribution is 2.41. The van der Waals surface area contributed by atoms with E-state index in [1.807, 2.05) is 6.92 Å². The van der Waals surface area contributed by atoms with Crippen LogP contribution in [-0.2, 0) is 6.54 Å². The Morgan fingerprint density at radius 1 is 1.04 bits per heavy atom. The minimum atomic E-state index is 0.0500. The highest BCUT2D eigenvalue weighted by Gasteiger charge is 2.29. The molecule has 1 aliphatic rings. The number of anilines is 1. The lowest BCUT2D eigenvalue weighted by atomic mass is 10.0. The average Bonchev–Trinajstić information content (AvgIpc) is 3.01. The number of hydrogen-bond donors (Lipinski definition) is 2. The second-order valence-electron chi connectivity index (χ2n) is 7.65. The maximum Gasteiger partial charge on any atom is 0.157 e. The normalized spacial score (nSPS) is 13.6. The van der Waals surface area contributed by atoms with E-state index >= 15 is 0 Å². The van der Waals surface area contributed by atoms with Gasteiger partial charge in [0.1, 0.15) is 28.4 Å². The van der Waals surface area contributed by atoms with Crippen molar-refractivity contribution < 1.29 is 10.2 Å². The largest absolute Gasteiger partial charge is 0.508 e. The van der Waals surface area contributed by atoms with Crippen LogP contribution in [0.2, 0.25) is 0 Å². The van der Waals surface area contributed by atoms with Crippen molar-refractivity contribution in [1.29, 1.82) is 0 Å². The number of benzene rings is 1. The Morgan fingerprint density at radius 2 is 1.79 bits per heavy atom. The summed E-state index contributed by atoms with van der Waals surface area (Å²) in [4.78, 5) is 12.0. The molecule has 148 valence electrons. The van der Waals surface area contributed by atoms with Crippen LogP contribution in [0.5, 0.6) is 11.5 Å². The van der Waals surface area contributed by atoms with E-state index in [9.17, 15) is 10.2 Å². The molecule has 0 unspecified atom stereocenters. The summed E-state index contributed by atoms with van der Waals surface area (Å²) in [7, 11) is 0. The number of aromatic hydroxyl groups is 2. The quantitative estimate of drug-likeness (QED) is 0.653. The summed E-state index contributed by atoms with van der Waals surface area (Å²) in [6, 6.07) is 5.20. The van der Waals surface area contributed by atoms with Crippen molar-refractivity contribution in [2.45, 2.75) is 59.0 Å². The summed E-state index contributed by atoms with van der Waals surface area (Å²) in [6.07, 6.45) is 6.68. The van der Waals surface area contributed by atoms with Gasteiger partial charge in [0.05, 0.1) is 0 Å². The van der Waals surface area contributed by atoms with Gasteiger partial charge in [-0.25, -0.2) is 9.97 Å². The van der Waals surface area contributed by atoms with E-state index in [-0.39, 0.29) is 11.5 Å². The summed E-state index contributed by atoms with van der Waals surface area (Å²) in [5.41, 5.74) is 3.46. The molecule has 1 aromatic carbocycles. The van der Waals surface area contributed by atoms with Gasteiger partial charge in [-0.15, -0.1) is 0 Å². The number of aromatic nitrogens is 3. The Balaban J connectivity index is 1.90. The number of phenols is 2. The van der Waals surface area contributed by atoms with E-state index in [2.05, 4.69) is 29.5 Å². The van der Waals surface area contributed by atoms with E-state index in [1.54, 1.807) is 12.1 Å². The predicted molar refractivity (Wildman–Crippen MR) is 112 cm³/mol. The highest BCUT2D eigenvalue weighted by molar-refractivity contribution is 6.00. The Labute approximate surface area is 165 Å². The van der Waals surface area contributed by atoms with Gasteiger partial charge in [-0.2, -0.15) is 0 Å². The number of aryl methyl sites for hydroxylation is 1. The van der Waals surface area contributed by atoms with E-state index < -0.39 is 0 Å². The average molecular weight is 380 g/mol. The van der Waals surface area contributed by atoms with Gasteiger partial charge in [-0.1, -0.05) is 26.7 Å². The fourth-order valence-corrected chi connectivity index (χ4v) is 4.41. The third-order valence-electron chi connectivity index (χ3n) is 5.61. The number of hydrogen-bond acceptors (Lipinski definition) is 5. The molecule has 1 aliphatic heterocycles. The molecule has 0 fully saturated rings. The van der Waals surface area contributed by atoms with Crippen LogP contribution in [0.15, 0.2) is 24.4 Å². The molecule has 0 radical (unpaired) electrons. The molecule has 0 aliphatic carbocycles. The zero-order valence-electron chi connectivity index (χ0n) is 16.8. The third-order valence-corrected chi connectivity index (χ3v) is 5.61. The first-order chi connectivity index (χ1) is 13.5. The van der Waals surface area contributed by atoms with Crippen LogP contribution in [0.3, 0.4) is 0 Å². The van der Waals surface area contributed by atoms with Gasteiger partial charge in [-0.3, -0.25) is 0 Å². The number of nitrogens with zero attached hydrogens (tertiary/aromatic N) is 4. The summed E-state index contributed by atoms with van der Waals surface area (Å²) >= 11 is 0. The second-order valence-corrected chi connectivity index (χ2v) is 7.65. The molecule has 3 aromatic rings. The Morgan fingerprint density at radius 3 is 2.46 bits per heavy atom. The molecule has 2 N–H and O–H groups in total. The van der Waals surface area contributed by atoms with Gasteiger partial charge in [-0.05, 0) is 31.9 Å². The number of rotatable bonds is 6. The van der Waals surface area contributed by atoms with Crippen molar-refractivity contribution in [3.05, 3.63) is 30.2 Å². The maximum absolute atomic E-state index is 10.4. The molecule has 2 aromatic heterocycles. The van der Waals surface area contributed by atoms with Crippen LogP contribution >= 0.6 is 0 Å². The maximum atomic E-state index is 10.4. The second kappa shape index (κ2) is 7.34. The van der Waals surface area contributed by atoms with Crippen molar-refractivity contribution in [2.75, 3.05) is 11.4 Å². The van der Waals surface area contributed by atoms with Crippen molar-refractivity contribution in [3.63, 3.8) is 0 Å². The Hall–Kier alpha value is -2.76. The molecule has 0 saturated carbocycles. The van der Waals surface area contributed by atoms with Crippen molar-refractivity contribution in [3.8, 4) is 22.6 Å². The summed E-state index contributed by atoms with van der Waals surface area (Å²) in [5.74, 6) is 1.85. The first-order valence-electron chi connectivity index (χ1n) is 10.2. The van der Waals surface area contributed by atoms with Gasteiger partial charge in [0, 0.05) is 42.5 Å². The number of phenolic OH excluding ortho intramolecular Hbond substituents is 2. The zero-order chi connectivity index (χ0) is 19.8.